The number of aryl methyl sites for hydroxylation is 1. The molecular weight excluding hydrogens is 228 g/mol. The van der Waals surface area contributed by atoms with Gasteiger partial charge < -0.3 is 10.1 Å². The molecule has 2 rings (SSSR count). The Hall–Kier alpha value is -1.20. The van der Waals surface area contributed by atoms with E-state index in [-0.39, 0.29) is 0 Å². The van der Waals surface area contributed by atoms with Gasteiger partial charge in [0.1, 0.15) is 12.1 Å². The summed E-state index contributed by atoms with van der Waals surface area (Å²) in [6.07, 6.45) is 3.71. The molecule has 2 heterocycles. The van der Waals surface area contributed by atoms with Gasteiger partial charge in [0.2, 0.25) is 0 Å². The van der Waals surface area contributed by atoms with Crippen molar-refractivity contribution in [3.8, 4) is 0 Å². The Morgan fingerprint density at radius 2 is 2.17 bits per heavy atom. The number of hydrogen-bond acceptors (Lipinski definition) is 5. The summed E-state index contributed by atoms with van der Waals surface area (Å²) >= 11 is 0. The topological polar surface area (TPSA) is 50.3 Å². The minimum absolute atomic E-state index is 0.874. The first-order valence-corrected chi connectivity index (χ1v) is 6.73. The Bertz CT molecular complexity index is 353. The first kappa shape index (κ1) is 13.2. The second kappa shape index (κ2) is 7.28. The normalized spacial score (nSPS) is 16.7. The van der Waals surface area contributed by atoms with Gasteiger partial charge >= 0.3 is 0 Å². The quantitative estimate of drug-likeness (QED) is 0.768. The van der Waals surface area contributed by atoms with E-state index in [0.29, 0.717) is 0 Å². The summed E-state index contributed by atoms with van der Waals surface area (Å²) in [6.45, 7) is 8.06. The molecule has 1 aliphatic heterocycles. The Morgan fingerprint density at radius 1 is 1.33 bits per heavy atom. The van der Waals surface area contributed by atoms with Gasteiger partial charge in [-0.1, -0.05) is 6.92 Å². The van der Waals surface area contributed by atoms with Crippen molar-refractivity contribution >= 4 is 5.82 Å². The van der Waals surface area contributed by atoms with E-state index in [2.05, 4.69) is 27.1 Å². The molecule has 0 aliphatic carbocycles. The predicted octanol–water partition coefficient (Wildman–Crippen LogP) is 1.17. The molecule has 1 aliphatic rings. The first-order chi connectivity index (χ1) is 8.88. The Balaban J connectivity index is 1.65. The predicted molar refractivity (Wildman–Crippen MR) is 71.8 cm³/mol. The van der Waals surface area contributed by atoms with Crippen LogP contribution < -0.4 is 5.32 Å². The van der Waals surface area contributed by atoms with E-state index in [4.69, 9.17) is 4.74 Å². The highest BCUT2D eigenvalue weighted by atomic mass is 16.5. The van der Waals surface area contributed by atoms with Crippen LogP contribution in [0, 0.1) is 0 Å². The lowest BCUT2D eigenvalue weighted by molar-refractivity contribution is 0.0378. The average Bonchev–Trinajstić information content (AvgIpc) is 2.45. The van der Waals surface area contributed by atoms with Crippen LogP contribution in [0.3, 0.4) is 0 Å². The van der Waals surface area contributed by atoms with Crippen molar-refractivity contribution in [3.63, 3.8) is 0 Å². The smallest absolute Gasteiger partial charge is 0.129 e. The number of ether oxygens (including phenoxy) is 1. The number of nitrogens with zero attached hydrogens (tertiary/aromatic N) is 3. The standard InChI is InChI=1S/C13H22N4O/c1-2-12-10-13(16-11-15-12)14-4-3-5-17-6-8-18-9-7-17/h10-11H,2-9H2,1H3,(H,14,15,16). The zero-order valence-electron chi connectivity index (χ0n) is 11.1. The van der Waals surface area contributed by atoms with Crippen LogP contribution in [0.5, 0.6) is 0 Å². The van der Waals surface area contributed by atoms with Crippen LogP contribution in [0.25, 0.3) is 0 Å². The summed E-state index contributed by atoms with van der Waals surface area (Å²) in [7, 11) is 0. The van der Waals surface area contributed by atoms with Crippen molar-refractivity contribution in [1.82, 2.24) is 14.9 Å². The molecule has 1 N–H and O–H groups in total. The minimum Gasteiger partial charge on any atom is -0.379 e. The molecule has 18 heavy (non-hydrogen) atoms. The molecule has 1 saturated heterocycles. The number of hydrogen-bond donors (Lipinski definition) is 1. The molecule has 0 saturated carbocycles. The number of anilines is 1. The van der Waals surface area contributed by atoms with Crippen LogP contribution in [0.4, 0.5) is 5.82 Å². The van der Waals surface area contributed by atoms with Crippen LogP contribution in [-0.4, -0.2) is 54.3 Å². The second-order valence-electron chi connectivity index (χ2n) is 4.48. The van der Waals surface area contributed by atoms with Crippen LogP contribution >= 0.6 is 0 Å². The van der Waals surface area contributed by atoms with E-state index >= 15 is 0 Å². The van der Waals surface area contributed by atoms with E-state index in [1.54, 1.807) is 6.33 Å². The Morgan fingerprint density at radius 3 is 2.94 bits per heavy atom. The Kier molecular flexibility index (Phi) is 5.36. The largest absolute Gasteiger partial charge is 0.379 e. The molecule has 5 heteroatoms. The fourth-order valence-electron chi connectivity index (χ4n) is 2.03. The summed E-state index contributed by atoms with van der Waals surface area (Å²) in [4.78, 5) is 10.8. The average molecular weight is 250 g/mol. The van der Waals surface area contributed by atoms with E-state index in [0.717, 1.165) is 63.7 Å². The van der Waals surface area contributed by atoms with Crippen molar-refractivity contribution in [2.75, 3.05) is 44.7 Å². The zero-order chi connectivity index (χ0) is 12.6. The molecule has 1 aromatic heterocycles. The molecule has 1 aromatic rings. The number of rotatable bonds is 6. The fourth-order valence-corrected chi connectivity index (χ4v) is 2.03. The summed E-state index contributed by atoms with van der Waals surface area (Å²) in [5.74, 6) is 0.934. The van der Waals surface area contributed by atoms with Gasteiger partial charge in [-0.25, -0.2) is 9.97 Å². The van der Waals surface area contributed by atoms with E-state index in [1.165, 1.54) is 0 Å². The van der Waals surface area contributed by atoms with Gasteiger partial charge in [0.25, 0.3) is 0 Å². The highest BCUT2D eigenvalue weighted by Crippen LogP contribution is 2.04. The van der Waals surface area contributed by atoms with Gasteiger partial charge in [-0.15, -0.1) is 0 Å². The summed E-state index contributed by atoms with van der Waals surface area (Å²) in [5, 5.41) is 3.35. The number of morpholine rings is 1. The van der Waals surface area contributed by atoms with Crippen molar-refractivity contribution in [1.29, 1.82) is 0 Å². The Labute approximate surface area is 109 Å². The van der Waals surface area contributed by atoms with Crippen molar-refractivity contribution < 1.29 is 4.74 Å². The van der Waals surface area contributed by atoms with Crippen LogP contribution in [0.15, 0.2) is 12.4 Å². The van der Waals surface area contributed by atoms with Crippen molar-refractivity contribution in [3.05, 3.63) is 18.1 Å². The summed E-state index contributed by atoms with van der Waals surface area (Å²) in [6, 6.07) is 2.02. The van der Waals surface area contributed by atoms with Crippen LogP contribution in [0.2, 0.25) is 0 Å². The molecule has 0 aromatic carbocycles. The third kappa shape index (κ3) is 4.23. The maximum absolute atomic E-state index is 5.33. The lowest BCUT2D eigenvalue weighted by atomic mass is 10.3. The summed E-state index contributed by atoms with van der Waals surface area (Å²) in [5.41, 5.74) is 1.08. The highest BCUT2D eigenvalue weighted by molar-refractivity contribution is 5.34. The maximum Gasteiger partial charge on any atom is 0.129 e. The van der Waals surface area contributed by atoms with Gasteiger partial charge in [0, 0.05) is 31.4 Å². The van der Waals surface area contributed by atoms with E-state index in [1.807, 2.05) is 6.07 Å². The third-order valence-corrected chi connectivity index (χ3v) is 3.15. The molecule has 0 amide bonds. The third-order valence-electron chi connectivity index (χ3n) is 3.15. The van der Waals surface area contributed by atoms with E-state index in [9.17, 15) is 0 Å². The molecule has 0 radical (unpaired) electrons. The highest BCUT2D eigenvalue weighted by Gasteiger charge is 2.08. The minimum atomic E-state index is 0.874. The molecule has 1 fully saturated rings. The van der Waals surface area contributed by atoms with Crippen molar-refractivity contribution in [2.45, 2.75) is 19.8 Å². The molecule has 0 spiro atoms. The van der Waals surface area contributed by atoms with Gasteiger partial charge in [-0.3, -0.25) is 4.90 Å². The molecule has 100 valence electrons. The van der Waals surface area contributed by atoms with Gasteiger partial charge in [0.05, 0.1) is 13.2 Å². The van der Waals surface area contributed by atoms with Gasteiger partial charge in [-0.2, -0.15) is 0 Å². The molecule has 0 unspecified atom stereocenters. The number of aromatic nitrogens is 2. The lowest BCUT2D eigenvalue weighted by Gasteiger charge is -2.26. The van der Waals surface area contributed by atoms with Gasteiger partial charge in [-0.05, 0) is 19.4 Å². The van der Waals surface area contributed by atoms with Crippen LogP contribution in [0.1, 0.15) is 19.0 Å². The van der Waals surface area contributed by atoms with Crippen molar-refractivity contribution in [2.24, 2.45) is 0 Å². The SMILES string of the molecule is CCc1cc(NCCCN2CCOCC2)ncn1. The maximum atomic E-state index is 5.33. The monoisotopic (exact) mass is 250 g/mol. The van der Waals surface area contributed by atoms with Crippen LogP contribution in [-0.2, 0) is 11.2 Å². The lowest BCUT2D eigenvalue weighted by Crippen LogP contribution is -2.37. The fraction of sp³-hybridized carbons (Fsp3) is 0.692. The molecule has 0 atom stereocenters. The van der Waals surface area contributed by atoms with Gasteiger partial charge in [0.15, 0.2) is 0 Å². The number of nitrogens with one attached hydrogen (secondary N) is 1. The summed E-state index contributed by atoms with van der Waals surface area (Å²) < 4.78 is 5.33. The van der Waals surface area contributed by atoms with E-state index < -0.39 is 0 Å². The molecular formula is C13H22N4O. The second-order valence-corrected chi connectivity index (χ2v) is 4.48. The zero-order valence-corrected chi connectivity index (χ0v) is 11.1. The molecule has 5 nitrogen and oxygen atoms in total. The first-order valence-electron chi connectivity index (χ1n) is 6.73. The molecule has 0 bridgehead atoms.